The van der Waals surface area contributed by atoms with E-state index in [0.29, 0.717) is 6.04 Å². The lowest BCUT2D eigenvalue weighted by Crippen LogP contribution is -2.50. The van der Waals surface area contributed by atoms with Crippen LogP contribution in [0.2, 0.25) is 0 Å². The van der Waals surface area contributed by atoms with E-state index in [1.165, 1.54) is 7.11 Å². The molecule has 0 aromatic rings. The van der Waals surface area contributed by atoms with Crippen LogP contribution in [0.4, 0.5) is 0 Å². The van der Waals surface area contributed by atoms with Crippen LogP contribution in [-0.2, 0) is 14.3 Å². The highest BCUT2D eigenvalue weighted by atomic mass is 16.5. The number of nitrogens with zero attached hydrogens (tertiary/aromatic N) is 1. The molecule has 0 spiro atoms. The third kappa shape index (κ3) is 6.68. The number of carbonyl (C=O) groups excluding carboxylic acids is 1. The van der Waals surface area contributed by atoms with E-state index < -0.39 is 5.54 Å². The molecule has 2 atom stereocenters. The number of hydrogen-bond acceptors (Lipinski definition) is 5. The van der Waals surface area contributed by atoms with Gasteiger partial charge in [-0.3, -0.25) is 4.79 Å². The van der Waals surface area contributed by atoms with Crippen LogP contribution in [0.5, 0.6) is 0 Å². The fraction of sp³-hybridized carbons (Fsp3) is 0.933. The molecule has 2 unspecified atom stereocenters. The quantitative estimate of drug-likeness (QED) is 0.463. The molecule has 0 fully saturated rings. The third-order valence-corrected chi connectivity index (χ3v) is 3.80. The van der Waals surface area contributed by atoms with Crippen LogP contribution in [0.25, 0.3) is 0 Å². The van der Waals surface area contributed by atoms with Gasteiger partial charge in [-0.25, -0.2) is 0 Å². The highest BCUT2D eigenvalue weighted by molar-refractivity contribution is 5.80. The Morgan fingerprint density at radius 1 is 1.35 bits per heavy atom. The summed E-state index contributed by atoms with van der Waals surface area (Å²) in [5, 5.41) is 3.23. The average molecular weight is 288 g/mol. The molecule has 0 aliphatic heterocycles. The fourth-order valence-electron chi connectivity index (χ4n) is 2.31. The van der Waals surface area contributed by atoms with Crippen LogP contribution in [-0.4, -0.2) is 63.4 Å². The molecular weight excluding hydrogens is 256 g/mol. The van der Waals surface area contributed by atoms with Gasteiger partial charge in [0.05, 0.1) is 13.7 Å². The Kier molecular flexibility index (Phi) is 9.80. The molecule has 0 aromatic carbocycles. The average Bonchev–Trinajstić information content (AvgIpc) is 2.42. The van der Waals surface area contributed by atoms with Gasteiger partial charge in [-0.05, 0) is 53.2 Å². The van der Waals surface area contributed by atoms with Gasteiger partial charge in [-0.15, -0.1) is 0 Å². The third-order valence-electron chi connectivity index (χ3n) is 3.80. The van der Waals surface area contributed by atoms with Crippen LogP contribution >= 0.6 is 0 Å². The van der Waals surface area contributed by atoms with Gasteiger partial charge in [0.25, 0.3) is 0 Å². The standard InChI is InChI=1S/C15H32N2O3/c1-7-16-15(3,14(18)20-6)10-8-9-11-17(4)13(2)12-19-5/h13,16H,7-12H2,1-6H3. The van der Waals surface area contributed by atoms with E-state index in [2.05, 4.69) is 24.2 Å². The SMILES string of the molecule is CCNC(C)(CCCCN(C)C(C)COC)C(=O)OC. The van der Waals surface area contributed by atoms with Gasteiger partial charge in [-0.1, -0.05) is 6.92 Å². The topological polar surface area (TPSA) is 50.8 Å². The minimum atomic E-state index is -0.569. The summed E-state index contributed by atoms with van der Waals surface area (Å²) in [6, 6.07) is 0.417. The summed E-state index contributed by atoms with van der Waals surface area (Å²) in [7, 11) is 5.27. The smallest absolute Gasteiger partial charge is 0.325 e. The minimum Gasteiger partial charge on any atom is -0.468 e. The van der Waals surface area contributed by atoms with Crippen LogP contribution in [0, 0.1) is 0 Å². The predicted molar refractivity (Wildman–Crippen MR) is 81.9 cm³/mol. The summed E-state index contributed by atoms with van der Waals surface area (Å²) in [6.07, 6.45) is 2.84. The van der Waals surface area contributed by atoms with Crippen molar-refractivity contribution in [3.63, 3.8) is 0 Å². The number of ether oxygens (including phenoxy) is 2. The second-order valence-corrected chi connectivity index (χ2v) is 5.60. The number of esters is 1. The van der Waals surface area contributed by atoms with Crippen LogP contribution in [0.3, 0.4) is 0 Å². The normalized spacial score (nSPS) is 15.9. The number of carbonyl (C=O) groups is 1. The first kappa shape index (κ1) is 19.4. The fourth-order valence-corrected chi connectivity index (χ4v) is 2.31. The molecule has 0 saturated carbocycles. The molecule has 0 heterocycles. The first-order valence-electron chi connectivity index (χ1n) is 7.43. The highest BCUT2D eigenvalue weighted by Crippen LogP contribution is 2.16. The second-order valence-electron chi connectivity index (χ2n) is 5.60. The maximum absolute atomic E-state index is 11.8. The number of unbranched alkanes of at least 4 members (excludes halogenated alkanes) is 1. The van der Waals surface area contributed by atoms with Crippen molar-refractivity contribution in [3.05, 3.63) is 0 Å². The zero-order chi connectivity index (χ0) is 15.6. The van der Waals surface area contributed by atoms with Crippen LogP contribution in [0.1, 0.15) is 40.0 Å². The number of likely N-dealkylation sites (N-methyl/N-ethyl adjacent to an activating group) is 2. The van der Waals surface area contributed by atoms with Crippen molar-refractivity contribution in [1.29, 1.82) is 0 Å². The van der Waals surface area contributed by atoms with E-state index in [4.69, 9.17) is 9.47 Å². The largest absolute Gasteiger partial charge is 0.468 e. The first-order valence-corrected chi connectivity index (χ1v) is 7.43. The number of methoxy groups -OCH3 is 2. The summed E-state index contributed by atoms with van der Waals surface area (Å²) in [5.74, 6) is -0.180. The van der Waals surface area contributed by atoms with E-state index in [1.807, 2.05) is 13.8 Å². The van der Waals surface area contributed by atoms with Gasteiger partial charge >= 0.3 is 5.97 Å². The molecule has 0 aliphatic carbocycles. The molecule has 120 valence electrons. The summed E-state index contributed by atoms with van der Waals surface area (Å²) >= 11 is 0. The lowest BCUT2D eigenvalue weighted by atomic mass is 9.94. The molecular formula is C15H32N2O3. The van der Waals surface area contributed by atoms with E-state index in [1.54, 1.807) is 7.11 Å². The van der Waals surface area contributed by atoms with Gasteiger partial charge in [0.15, 0.2) is 0 Å². The Bertz CT molecular complexity index is 274. The Morgan fingerprint density at radius 3 is 2.50 bits per heavy atom. The number of nitrogens with one attached hydrogen (secondary N) is 1. The van der Waals surface area contributed by atoms with Crippen molar-refractivity contribution < 1.29 is 14.3 Å². The Balaban J connectivity index is 4.10. The van der Waals surface area contributed by atoms with Gasteiger partial charge < -0.3 is 19.7 Å². The van der Waals surface area contributed by atoms with Crippen molar-refractivity contribution in [1.82, 2.24) is 10.2 Å². The zero-order valence-corrected chi connectivity index (χ0v) is 14.0. The Hall–Kier alpha value is -0.650. The van der Waals surface area contributed by atoms with Crippen LogP contribution in [0.15, 0.2) is 0 Å². The minimum absolute atomic E-state index is 0.180. The Morgan fingerprint density at radius 2 is 2.00 bits per heavy atom. The van der Waals surface area contributed by atoms with Crippen molar-refractivity contribution in [3.8, 4) is 0 Å². The van der Waals surface area contributed by atoms with Crippen LogP contribution < -0.4 is 5.32 Å². The molecule has 0 aromatic heterocycles. The molecule has 0 bridgehead atoms. The van der Waals surface area contributed by atoms with Crippen molar-refractivity contribution in [2.75, 3.05) is 41.0 Å². The molecule has 0 radical (unpaired) electrons. The van der Waals surface area contributed by atoms with Gasteiger partial charge in [0.1, 0.15) is 5.54 Å². The van der Waals surface area contributed by atoms with Gasteiger partial charge in [-0.2, -0.15) is 0 Å². The van der Waals surface area contributed by atoms with E-state index >= 15 is 0 Å². The molecule has 5 heteroatoms. The summed E-state index contributed by atoms with van der Waals surface area (Å²) in [4.78, 5) is 14.1. The molecule has 0 saturated heterocycles. The summed E-state index contributed by atoms with van der Waals surface area (Å²) in [5.41, 5.74) is -0.569. The summed E-state index contributed by atoms with van der Waals surface area (Å²) < 4.78 is 10.0. The van der Waals surface area contributed by atoms with Gasteiger partial charge in [0.2, 0.25) is 0 Å². The molecule has 0 rings (SSSR count). The first-order chi connectivity index (χ1) is 9.41. The summed E-state index contributed by atoms with van der Waals surface area (Å²) in [6.45, 7) is 8.58. The lowest BCUT2D eigenvalue weighted by molar-refractivity contribution is -0.148. The predicted octanol–water partition coefficient (Wildman–Crippen LogP) is 1.66. The Labute approximate surface area is 124 Å². The number of hydrogen-bond donors (Lipinski definition) is 1. The highest BCUT2D eigenvalue weighted by Gasteiger charge is 2.32. The van der Waals surface area contributed by atoms with E-state index in [-0.39, 0.29) is 5.97 Å². The lowest BCUT2D eigenvalue weighted by Gasteiger charge is -2.28. The van der Waals surface area contributed by atoms with Crippen molar-refractivity contribution in [2.24, 2.45) is 0 Å². The van der Waals surface area contributed by atoms with Crippen molar-refractivity contribution >= 4 is 5.97 Å². The molecule has 5 nitrogen and oxygen atoms in total. The molecule has 1 N–H and O–H groups in total. The zero-order valence-electron chi connectivity index (χ0n) is 14.0. The maximum atomic E-state index is 11.8. The monoisotopic (exact) mass is 288 g/mol. The van der Waals surface area contributed by atoms with Crippen molar-refractivity contribution in [2.45, 2.75) is 51.6 Å². The second kappa shape index (κ2) is 10.1. The molecule has 20 heavy (non-hydrogen) atoms. The maximum Gasteiger partial charge on any atom is 0.325 e. The van der Waals surface area contributed by atoms with Gasteiger partial charge in [0, 0.05) is 13.2 Å². The molecule has 0 amide bonds. The van der Waals surface area contributed by atoms with E-state index in [0.717, 1.165) is 39.0 Å². The van der Waals surface area contributed by atoms with E-state index in [9.17, 15) is 4.79 Å². The number of rotatable bonds is 11. The molecule has 0 aliphatic rings.